The number of ether oxygens (including phenoxy) is 1. The van der Waals surface area contributed by atoms with Crippen molar-refractivity contribution in [3.8, 4) is 5.88 Å². The van der Waals surface area contributed by atoms with Crippen LogP contribution in [0.2, 0.25) is 0 Å². The molecule has 1 N–H and O–H groups in total. The summed E-state index contributed by atoms with van der Waals surface area (Å²) in [5.74, 6) is 0.164. The summed E-state index contributed by atoms with van der Waals surface area (Å²) in [7, 11) is 3.24. The molecule has 0 unspecified atom stereocenters. The molecule has 7 nitrogen and oxygen atoms in total. The average molecular weight is 404 g/mol. The molecule has 25 heavy (non-hydrogen) atoms. The number of hydrogen-bond donors (Lipinski definition) is 1. The van der Waals surface area contributed by atoms with E-state index >= 15 is 0 Å². The van der Waals surface area contributed by atoms with Gasteiger partial charge in [-0.3, -0.25) is 9.48 Å². The van der Waals surface area contributed by atoms with E-state index in [2.05, 4.69) is 43.6 Å². The number of halogens is 1. The Hall–Kier alpha value is -2.61. The van der Waals surface area contributed by atoms with Crippen LogP contribution in [-0.4, -0.2) is 32.6 Å². The summed E-state index contributed by atoms with van der Waals surface area (Å²) in [6, 6.07) is 10.2. The zero-order chi connectivity index (χ0) is 17.8. The van der Waals surface area contributed by atoms with E-state index in [1.165, 1.54) is 17.4 Å². The van der Waals surface area contributed by atoms with Gasteiger partial charge in [0.1, 0.15) is 4.47 Å². The van der Waals surface area contributed by atoms with E-state index in [9.17, 15) is 4.79 Å². The number of aryl methyl sites for hydroxylation is 3. The van der Waals surface area contributed by atoms with Gasteiger partial charge in [-0.2, -0.15) is 10.2 Å². The van der Waals surface area contributed by atoms with Crippen LogP contribution in [-0.2, 0) is 20.0 Å². The maximum Gasteiger partial charge on any atom is 0.277 e. The lowest BCUT2D eigenvalue weighted by molar-refractivity contribution is 0.102. The Kier molecular flexibility index (Phi) is 5.18. The first-order valence-corrected chi connectivity index (χ1v) is 8.52. The van der Waals surface area contributed by atoms with Gasteiger partial charge < -0.3 is 10.1 Å². The predicted molar refractivity (Wildman–Crippen MR) is 97.8 cm³/mol. The summed E-state index contributed by atoms with van der Waals surface area (Å²) in [5.41, 5.74) is 2.12. The smallest absolute Gasteiger partial charge is 0.277 e. The number of anilines is 1. The Morgan fingerprint density at radius 2 is 2.08 bits per heavy atom. The van der Waals surface area contributed by atoms with E-state index in [0.717, 1.165) is 13.0 Å². The standard InChI is InChI=1S/C17H18BrN5O2/c1-22-17(25-2)14(18)15(21-22)16(24)20-13-10-19-23(11-13)9-8-12-6-4-3-5-7-12/h3-7,10-11H,8-9H2,1-2H3,(H,20,24). The summed E-state index contributed by atoms with van der Waals surface area (Å²) in [6.45, 7) is 0.737. The zero-order valence-electron chi connectivity index (χ0n) is 13.9. The lowest BCUT2D eigenvalue weighted by Gasteiger charge is -2.02. The molecule has 1 aromatic carbocycles. The molecular formula is C17H18BrN5O2. The maximum atomic E-state index is 12.4. The van der Waals surface area contributed by atoms with Crippen molar-refractivity contribution in [3.05, 3.63) is 58.5 Å². The first-order chi connectivity index (χ1) is 12.1. The van der Waals surface area contributed by atoms with Crippen molar-refractivity contribution >= 4 is 27.5 Å². The number of carbonyl (C=O) groups is 1. The molecule has 3 aromatic rings. The number of carbonyl (C=O) groups excluding carboxylic acids is 1. The first kappa shape index (κ1) is 17.2. The maximum absolute atomic E-state index is 12.4. The molecule has 0 bridgehead atoms. The Labute approximate surface area is 153 Å². The van der Waals surface area contributed by atoms with Crippen LogP contribution in [0.15, 0.2) is 47.2 Å². The van der Waals surface area contributed by atoms with Gasteiger partial charge in [-0.05, 0) is 27.9 Å². The van der Waals surface area contributed by atoms with Gasteiger partial charge in [0, 0.05) is 19.8 Å². The molecule has 130 valence electrons. The highest BCUT2D eigenvalue weighted by molar-refractivity contribution is 9.10. The van der Waals surface area contributed by atoms with Crippen LogP contribution in [0.25, 0.3) is 0 Å². The van der Waals surface area contributed by atoms with Crippen LogP contribution in [0.4, 0.5) is 5.69 Å². The molecule has 0 atom stereocenters. The van der Waals surface area contributed by atoms with Crippen LogP contribution in [0.5, 0.6) is 5.88 Å². The molecule has 0 aliphatic rings. The summed E-state index contributed by atoms with van der Waals surface area (Å²) in [4.78, 5) is 12.4. The van der Waals surface area contributed by atoms with E-state index in [-0.39, 0.29) is 11.6 Å². The molecule has 2 heterocycles. The number of nitrogens with one attached hydrogen (secondary N) is 1. The van der Waals surface area contributed by atoms with Gasteiger partial charge in [-0.25, -0.2) is 4.68 Å². The first-order valence-electron chi connectivity index (χ1n) is 7.72. The minimum atomic E-state index is -0.326. The molecule has 0 aliphatic heterocycles. The molecule has 0 aliphatic carbocycles. The Morgan fingerprint density at radius 3 is 2.76 bits per heavy atom. The topological polar surface area (TPSA) is 74.0 Å². The number of benzene rings is 1. The SMILES string of the molecule is COc1c(Br)c(C(=O)Nc2cnn(CCc3ccccc3)c2)nn1C. The van der Waals surface area contributed by atoms with Gasteiger partial charge in [0.2, 0.25) is 5.88 Å². The van der Waals surface area contributed by atoms with Crippen molar-refractivity contribution in [2.45, 2.75) is 13.0 Å². The molecule has 8 heteroatoms. The van der Waals surface area contributed by atoms with Crippen LogP contribution < -0.4 is 10.1 Å². The monoisotopic (exact) mass is 403 g/mol. The number of aromatic nitrogens is 4. The van der Waals surface area contributed by atoms with Crippen molar-refractivity contribution in [3.63, 3.8) is 0 Å². The molecule has 0 radical (unpaired) electrons. The zero-order valence-corrected chi connectivity index (χ0v) is 15.5. The Bertz CT molecular complexity index is 873. The van der Waals surface area contributed by atoms with Gasteiger partial charge in [0.15, 0.2) is 5.69 Å². The van der Waals surface area contributed by atoms with Crippen molar-refractivity contribution in [2.75, 3.05) is 12.4 Å². The van der Waals surface area contributed by atoms with Gasteiger partial charge in [-0.1, -0.05) is 30.3 Å². The highest BCUT2D eigenvalue weighted by Gasteiger charge is 2.21. The normalized spacial score (nSPS) is 10.7. The molecular weight excluding hydrogens is 386 g/mol. The van der Waals surface area contributed by atoms with Crippen LogP contribution in [0.3, 0.4) is 0 Å². The molecule has 3 rings (SSSR count). The third kappa shape index (κ3) is 3.90. The largest absolute Gasteiger partial charge is 0.480 e. The van der Waals surface area contributed by atoms with E-state index in [4.69, 9.17) is 4.74 Å². The van der Waals surface area contributed by atoms with Gasteiger partial charge in [0.05, 0.1) is 19.0 Å². The third-order valence-electron chi connectivity index (χ3n) is 3.71. The Morgan fingerprint density at radius 1 is 1.32 bits per heavy atom. The summed E-state index contributed by atoms with van der Waals surface area (Å²) < 4.78 is 9.02. The Balaban J connectivity index is 1.64. The van der Waals surface area contributed by atoms with Gasteiger partial charge in [0.25, 0.3) is 5.91 Å². The highest BCUT2D eigenvalue weighted by Crippen LogP contribution is 2.28. The number of nitrogens with zero attached hydrogens (tertiary/aromatic N) is 4. The fourth-order valence-corrected chi connectivity index (χ4v) is 3.16. The van der Waals surface area contributed by atoms with Crippen LogP contribution in [0, 0.1) is 0 Å². The van der Waals surface area contributed by atoms with E-state index in [1.54, 1.807) is 24.1 Å². The second-order valence-electron chi connectivity index (χ2n) is 5.48. The molecule has 1 amide bonds. The number of hydrogen-bond acceptors (Lipinski definition) is 4. The number of amides is 1. The van der Waals surface area contributed by atoms with Crippen LogP contribution >= 0.6 is 15.9 Å². The molecule has 0 spiro atoms. The van der Waals surface area contributed by atoms with E-state index < -0.39 is 0 Å². The fourth-order valence-electron chi connectivity index (χ4n) is 2.48. The van der Waals surface area contributed by atoms with E-state index in [0.29, 0.717) is 16.0 Å². The lowest BCUT2D eigenvalue weighted by Crippen LogP contribution is -2.13. The van der Waals surface area contributed by atoms with Crippen molar-refractivity contribution < 1.29 is 9.53 Å². The molecule has 0 fully saturated rings. The van der Waals surface area contributed by atoms with Gasteiger partial charge >= 0.3 is 0 Å². The lowest BCUT2D eigenvalue weighted by atomic mass is 10.1. The second kappa shape index (κ2) is 7.52. The quantitative estimate of drug-likeness (QED) is 0.686. The minimum Gasteiger partial charge on any atom is -0.480 e. The highest BCUT2D eigenvalue weighted by atomic mass is 79.9. The van der Waals surface area contributed by atoms with E-state index in [1.807, 2.05) is 18.2 Å². The molecule has 0 saturated carbocycles. The van der Waals surface area contributed by atoms with Crippen molar-refractivity contribution in [1.29, 1.82) is 0 Å². The summed E-state index contributed by atoms with van der Waals surface area (Å²) in [6.07, 6.45) is 4.30. The number of rotatable bonds is 6. The fraction of sp³-hybridized carbons (Fsp3) is 0.235. The minimum absolute atomic E-state index is 0.261. The molecule has 0 saturated heterocycles. The predicted octanol–water partition coefficient (Wildman–Crippen LogP) is 2.88. The van der Waals surface area contributed by atoms with Gasteiger partial charge in [-0.15, -0.1) is 0 Å². The second-order valence-corrected chi connectivity index (χ2v) is 6.27. The summed E-state index contributed by atoms with van der Waals surface area (Å²) >= 11 is 3.34. The van der Waals surface area contributed by atoms with Crippen molar-refractivity contribution in [1.82, 2.24) is 19.6 Å². The summed E-state index contributed by atoms with van der Waals surface area (Å²) in [5, 5.41) is 11.2. The molecule has 2 aromatic heterocycles. The average Bonchev–Trinajstić information content (AvgIpc) is 3.17. The van der Waals surface area contributed by atoms with Crippen LogP contribution in [0.1, 0.15) is 16.1 Å². The van der Waals surface area contributed by atoms with Crippen molar-refractivity contribution in [2.24, 2.45) is 7.05 Å². The number of methoxy groups -OCH3 is 1. The third-order valence-corrected chi connectivity index (χ3v) is 4.43.